The molecule has 1 aliphatic carbocycles. The Morgan fingerprint density at radius 1 is 1.14 bits per heavy atom. The van der Waals surface area contributed by atoms with Gasteiger partial charge in [0.2, 0.25) is 0 Å². The van der Waals surface area contributed by atoms with Crippen molar-refractivity contribution in [3.63, 3.8) is 0 Å². The summed E-state index contributed by atoms with van der Waals surface area (Å²) in [4.78, 5) is 16.1. The van der Waals surface area contributed by atoms with E-state index >= 15 is 0 Å². The van der Waals surface area contributed by atoms with Gasteiger partial charge in [0.25, 0.3) is 0 Å². The lowest BCUT2D eigenvalue weighted by atomic mass is 9.98. The van der Waals surface area contributed by atoms with Gasteiger partial charge >= 0.3 is 6.09 Å². The molecule has 146 valence electrons. The largest absolute Gasteiger partial charge is 0.449 e. The van der Waals surface area contributed by atoms with Gasteiger partial charge in [-0.2, -0.15) is 0 Å². The monoisotopic (exact) mass is 405 g/mol. The number of halogens is 1. The molecule has 0 saturated carbocycles. The molecule has 4 rings (SSSR count). The molecule has 29 heavy (non-hydrogen) atoms. The first-order valence-electron chi connectivity index (χ1n) is 9.30. The summed E-state index contributed by atoms with van der Waals surface area (Å²) in [6.07, 6.45) is 4.56. The van der Waals surface area contributed by atoms with Crippen LogP contribution in [0.3, 0.4) is 0 Å². The normalized spacial score (nSPS) is 12.6. The average Bonchev–Trinajstić information content (AvgIpc) is 3.06. The van der Waals surface area contributed by atoms with Crippen LogP contribution in [0.25, 0.3) is 17.2 Å². The summed E-state index contributed by atoms with van der Waals surface area (Å²) in [5.41, 5.74) is 11.7. The molecule has 1 aliphatic rings. The number of nitrogens with one attached hydrogen (secondary N) is 1. The number of hydrogen-bond acceptors (Lipinski definition) is 4. The van der Waals surface area contributed by atoms with E-state index < -0.39 is 6.09 Å². The molecule has 0 spiro atoms. The fraction of sp³-hybridized carbons (Fsp3) is 0.130. The van der Waals surface area contributed by atoms with Gasteiger partial charge in [0.15, 0.2) is 0 Å². The maximum atomic E-state index is 12.1. The second-order valence-electron chi connectivity index (χ2n) is 6.76. The topological polar surface area (TPSA) is 77.2 Å². The SMILES string of the molecule is Nc1cnc(Cl)c(C=CCNC(=O)OCC2c3ccccc3-c3ccccc32)c1. The molecule has 1 aromatic heterocycles. The van der Waals surface area contributed by atoms with E-state index in [9.17, 15) is 4.79 Å². The fourth-order valence-electron chi connectivity index (χ4n) is 3.58. The summed E-state index contributed by atoms with van der Waals surface area (Å²) in [7, 11) is 0. The third-order valence-electron chi connectivity index (χ3n) is 4.89. The molecule has 1 amide bonds. The highest BCUT2D eigenvalue weighted by molar-refractivity contribution is 6.30. The quantitative estimate of drug-likeness (QED) is 0.593. The van der Waals surface area contributed by atoms with Crippen molar-refractivity contribution < 1.29 is 9.53 Å². The average molecular weight is 406 g/mol. The zero-order chi connectivity index (χ0) is 20.2. The molecule has 0 unspecified atom stereocenters. The Morgan fingerprint density at radius 2 is 1.79 bits per heavy atom. The lowest BCUT2D eigenvalue weighted by Gasteiger charge is -2.14. The summed E-state index contributed by atoms with van der Waals surface area (Å²) >= 11 is 6.01. The van der Waals surface area contributed by atoms with Gasteiger partial charge in [0.1, 0.15) is 11.8 Å². The van der Waals surface area contributed by atoms with E-state index in [2.05, 4.69) is 34.6 Å². The Kier molecular flexibility index (Phi) is 5.49. The van der Waals surface area contributed by atoms with Crippen LogP contribution in [-0.2, 0) is 4.74 Å². The van der Waals surface area contributed by atoms with Gasteiger partial charge in [0, 0.05) is 18.0 Å². The molecule has 6 heteroatoms. The molecule has 1 heterocycles. The summed E-state index contributed by atoms with van der Waals surface area (Å²) in [5, 5.41) is 3.07. The van der Waals surface area contributed by atoms with Crippen molar-refractivity contribution in [1.82, 2.24) is 10.3 Å². The van der Waals surface area contributed by atoms with Crippen LogP contribution in [-0.4, -0.2) is 24.2 Å². The molecule has 0 aliphatic heterocycles. The molecular formula is C23H20ClN3O2. The molecule has 0 bridgehead atoms. The van der Waals surface area contributed by atoms with Gasteiger partial charge in [-0.1, -0.05) is 72.3 Å². The van der Waals surface area contributed by atoms with Crippen molar-refractivity contribution in [2.24, 2.45) is 0 Å². The van der Waals surface area contributed by atoms with Gasteiger partial charge in [-0.25, -0.2) is 9.78 Å². The number of nitrogens with zero attached hydrogens (tertiary/aromatic N) is 1. The van der Waals surface area contributed by atoms with E-state index in [1.54, 1.807) is 18.2 Å². The van der Waals surface area contributed by atoms with Crippen LogP contribution in [0.15, 0.2) is 66.9 Å². The van der Waals surface area contributed by atoms with Crippen LogP contribution < -0.4 is 11.1 Å². The summed E-state index contributed by atoms with van der Waals surface area (Å²) in [6, 6.07) is 18.2. The van der Waals surface area contributed by atoms with Crippen LogP contribution in [0.2, 0.25) is 5.15 Å². The second kappa shape index (κ2) is 8.37. The molecule has 0 atom stereocenters. The number of amides is 1. The van der Waals surface area contributed by atoms with E-state index in [0.29, 0.717) is 22.9 Å². The van der Waals surface area contributed by atoms with Gasteiger partial charge in [0.05, 0.1) is 11.9 Å². The minimum Gasteiger partial charge on any atom is -0.449 e. The number of aromatic nitrogens is 1. The molecule has 0 saturated heterocycles. The summed E-state index contributed by atoms with van der Waals surface area (Å²) in [6.45, 7) is 0.594. The van der Waals surface area contributed by atoms with Gasteiger partial charge in [-0.3, -0.25) is 0 Å². The van der Waals surface area contributed by atoms with Crippen LogP contribution in [0, 0.1) is 0 Å². The van der Waals surface area contributed by atoms with Crippen LogP contribution >= 0.6 is 11.6 Å². The number of nitrogen functional groups attached to an aromatic ring is 1. The number of carbonyl (C=O) groups is 1. The number of rotatable bonds is 5. The lowest BCUT2D eigenvalue weighted by molar-refractivity contribution is 0.144. The first kappa shape index (κ1) is 19.0. The Bertz CT molecular complexity index is 1040. The number of benzene rings is 2. The third kappa shape index (κ3) is 4.10. The van der Waals surface area contributed by atoms with Gasteiger partial charge in [-0.15, -0.1) is 0 Å². The van der Waals surface area contributed by atoms with Crippen LogP contribution in [0.1, 0.15) is 22.6 Å². The zero-order valence-electron chi connectivity index (χ0n) is 15.6. The maximum absolute atomic E-state index is 12.1. The van der Waals surface area contributed by atoms with Crippen molar-refractivity contribution in [3.8, 4) is 11.1 Å². The predicted octanol–water partition coefficient (Wildman–Crippen LogP) is 4.87. The number of alkyl carbamates (subject to hydrolysis) is 1. The second-order valence-corrected chi connectivity index (χ2v) is 7.12. The number of anilines is 1. The highest BCUT2D eigenvalue weighted by atomic mass is 35.5. The van der Waals surface area contributed by atoms with E-state index in [0.717, 1.165) is 0 Å². The minimum atomic E-state index is -0.465. The van der Waals surface area contributed by atoms with E-state index in [1.807, 2.05) is 24.3 Å². The summed E-state index contributed by atoms with van der Waals surface area (Å²) in [5.74, 6) is 0.0425. The number of pyridine rings is 1. The van der Waals surface area contributed by atoms with Crippen molar-refractivity contribution >= 4 is 29.5 Å². The molecule has 3 aromatic rings. The minimum absolute atomic E-state index is 0.0425. The molecular weight excluding hydrogens is 386 g/mol. The van der Waals surface area contributed by atoms with E-state index in [1.165, 1.54) is 28.5 Å². The number of carbonyl (C=O) groups excluding carboxylic acids is 1. The van der Waals surface area contributed by atoms with Crippen molar-refractivity contribution in [2.45, 2.75) is 5.92 Å². The van der Waals surface area contributed by atoms with E-state index in [-0.39, 0.29) is 12.5 Å². The molecule has 0 fully saturated rings. The lowest BCUT2D eigenvalue weighted by Crippen LogP contribution is -2.26. The zero-order valence-corrected chi connectivity index (χ0v) is 16.4. The number of nitrogens with two attached hydrogens (primary N) is 1. The standard InChI is InChI=1S/C23H20ClN3O2/c24-22-15(12-16(25)13-27-22)6-5-11-26-23(28)29-14-21-19-9-3-1-7-17(19)18-8-2-4-10-20(18)21/h1-10,12-13,21H,11,14,25H2,(H,26,28). The number of ether oxygens (including phenoxy) is 1. The Morgan fingerprint density at radius 3 is 2.48 bits per heavy atom. The third-order valence-corrected chi connectivity index (χ3v) is 5.21. The van der Waals surface area contributed by atoms with Crippen molar-refractivity contribution in [2.75, 3.05) is 18.9 Å². The number of fused-ring (bicyclic) bond motifs is 3. The molecule has 3 N–H and O–H groups in total. The highest BCUT2D eigenvalue weighted by Crippen LogP contribution is 2.44. The predicted molar refractivity (Wildman–Crippen MR) is 116 cm³/mol. The first-order valence-corrected chi connectivity index (χ1v) is 9.67. The van der Waals surface area contributed by atoms with Crippen molar-refractivity contribution in [1.29, 1.82) is 0 Å². The number of hydrogen-bond donors (Lipinski definition) is 2. The van der Waals surface area contributed by atoms with E-state index in [4.69, 9.17) is 22.1 Å². The smallest absolute Gasteiger partial charge is 0.407 e. The van der Waals surface area contributed by atoms with Gasteiger partial charge < -0.3 is 15.8 Å². The Balaban J connectivity index is 1.34. The Hall–Kier alpha value is -3.31. The fourth-order valence-corrected chi connectivity index (χ4v) is 3.74. The first-order chi connectivity index (χ1) is 14.1. The molecule has 0 radical (unpaired) electrons. The van der Waals surface area contributed by atoms with Crippen molar-refractivity contribution in [3.05, 3.63) is 88.7 Å². The van der Waals surface area contributed by atoms with Gasteiger partial charge in [-0.05, 0) is 28.3 Å². The Labute approximate surface area is 174 Å². The highest BCUT2D eigenvalue weighted by Gasteiger charge is 2.28. The molecule has 5 nitrogen and oxygen atoms in total. The van der Waals surface area contributed by atoms with Crippen LogP contribution in [0.5, 0.6) is 0 Å². The summed E-state index contributed by atoms with van der Waals surface area (Å²) < 4.78 is 5.49. The maximum Gasteiger partial charge on any atom is 0.407 e. The molecule has 2 aromatic carbocycles. The van der Waals surface area contributed by atoms with Crippen LogP contribution in [0.4, 0.5) is 10.5 Å².